The third-order valence-corrected chi connectivity index (χ3v) is 5.71. The predicted molar refractivity (Wildman–Crippen MR) is 140 cm³/mol. The van der Waals surface area contributed by atoms with Crippen molar-refractivity contribution in [2.75, 3.05) is 5.32 Å². The first-order valence-corrected chi connectivity index (χ1v) is 11.8. The molecular weight excluding hydrogens is 474 g/mol. The molecule has 0 aliphatic heterocycles. The van der Waals surface area contributed by atoms with Crippen LogP contribution in [0.3, 0.4) is 0 Å². The third kappa shape index (κ3) is 5.79. The second kappa shape index (κ2) is 10.9. The van der Waals surface area contributed by atoms with Gasteiger partial charge in [-0.2, -0.15) is 4.98 Å². The first-order chi connectivity index (χ1) is 17.6. The minimum Gasteiger partial charge on any atom is -0.455 e. The van der Waals surface area contributed by atoms with E-state index in [4.69, 9.17) is 20.9 Å². The fraction of sp³-hybridized carbons (Fsp3) is 0.0690. The van der Waals surface area contributed by atoms with E-state index < -0.39 is 0 Å². The summed E-state index contributed by atoms with van der Waals surface area (Å²) in [5.74, 6) is 1.81. The number of hydrogen-bond acceptors (Lipinski definition) is 5. The maximum atomic E-state index is 12.7. The van der Waals surface area contributed by atoms with Gasteiger partial charge in [0.05, 0.1) is 5.69 Å². The molecule has 0 radical (unpaired) electrons. The van der Waals surface area contributed by atoms with Gasteiger partial charge in [0.2, 0.25) is 17.6 Å². The second-order valence-corrected chi connectivity index (χ2v) is 8.50. The Morgan fingerprint density at radius 3 is 2.25 bits per heavy atom. The van der Waals surface area contributed by atoms with Crippen LogP contribution in [0.15, 0.2) is 108 Å². The smallest absolute Gasteiger partial charge is 0.227 e. The Morgan fingerprint density at radius 2 is 1.50 bits per heavy atom. The number of anilines is 1. The fourth-order valence-electron chi connectivity index (χ4n) is 3.65. The average Bonchev–Trinajstić information content (AvgIpc) is 3.39. The number of benzene rings is 4. The molecule has 36 heavy (non-hydrogen) atoms. The van der Waals surface area contributed by atoms with E-state index in [2.05, 4.69) is 27.6 Å². The molecule has 0 spiro atoms. The van der Waals surface area contributed by atoms with Gasteiger partial charge in [0.25, 0.3) is 0 Å². The molecule has 7 heteroatoms. The van der Waals surface area contributed by atoms with E-state index in [1.54, 1.807) is 18.2 Å². The predicted octanol–water partition coefficient (Wildman–Crippen LogP) is 7.42. The normalized spacial score (nSPS) is 10.7. The highest BCUT2D eigenvalue weighted by atomic mass is 35.5. The van der Waals surface area contributed by atoms with Crippen LogP contribution in [-0.2, 0) is 11.2 Å². The Hall–Kier alpha value is -4.42. The summed E-state index contributed by atoms with van der Waals surface area (Å²) in [4.78, 5) is 17.1. The van der Waals surface area contributed by atoms with Gasteiger partial charge in [-0.05, 0) is 41.5 Å². The van der Waals surface area contributed by atoms with E-state index in [9.17, 15) is 4.79 Å². The van der Waals surface area contributed by atoms with Crippen LogP contribution in [0.25, 0.3) is 22.5 Å². The first-order valence-electron chi connectivity index (χ1n) is 11.4. The highest BCUT2D eigenvalue weighted by molar-refractivity contribution is 6.31. The van der Waals surface area contributed by atoms with Crippen LogP contribution in [0, 0.1) is 0 Å². The molecular formula is C29H22ClN3O3. The highest BCUT2D eigenvalue weighted by Crippen LogP contribution is 2.32. The van der Waals surface area contributed by atoms with Crippen LogP contribution in [0.1, 0.15) is 12.3 Å². The largest absolute Gasteiger partial charge is 0.455 e. The van der Waals surface area contributed by atoms with Gasteiger partial charge in [0.15, 0.2) is 5.75 Å². The van der Waals surface area contributed by atoms with Gasteiger partial charge in [-0.25, -0.2) is 0 Å². The minimum atomic E-state index is -0.220. The average molecular weight is 496 g/mol. The molecule has 1 aromatic heterocycles. The zero-order chi connectivity index (χ0) is 24.7. The number of rotatable bonds is 8. The number of nitrogens with zero attached hydrogens (tertiary/aromatic N) is 2. The molecule has 0 aliphatic carbocycles. The van der Waals surface area contributed by atoms with E-state index in [0.29, 0.717) is 40.3 Å². The maximum Gasteiger partial charge on any atom is 0.227 e. The fourth-order valence-corrected chi connectivity index (χ4v) is 3.83. The maximum absolute atomic E-state index is 12.7. The lowest BCUT2D eigenvalue weighted by atomic mass is 10.0. The minimum absolute atomic E-state index is 0.159. The Labute approximate surface area is 213 Å². The molecule has 0 unspecified atom stereocenters. The van der Waals surface area contributed by atoms with Gasteiger partial charge in [-0.15, -0.1) is 0 Å². The molecule has 0 saturated heterocycles. The number of hydrogen-bond donors (Lipinski definition) is 1. The topological polar surface area (TPSA) is 77.2 Å². The molecule has 4 aromatic carbocycles. The molecule has 0 atom stereocenters. The van der Waals surface area contributed by atoms with Gasteiger partial charge in [0, 0.05) is 23.4 Å². The van der Waals surface area contributed by atoms with Crippen LogP contribution >= 0.6 is 11.6 Å². The lowest BCUT2D eigenvalue weighted by Gasteiger charge is -2.12. The number of nitrogens with one attached hydrogen (secondary N) is 1. The van der Waals surface area contributed by atoms with E-state index in [0.717, 1.165) is 16.7 Å². The Balaban J connectivity index is 1.20. The van der Waals surface area contributed by atoms with Gasteiger partial charge < -0.3 is 14.6 Å². The summed E-state index contributed by atoms with van der Waals surface area (Å²) < 4.78 is 11.3. The summed E-state index contributed by atoms with van der Waals surface area (Å²) in [5, 5.41) is 7.42. The molecule has 178 valence electrons. The molecule has 0 bridgehead atoms. The van der Waals surface area contributed by atoms with Crippen LogP contribution in [-0.4, -0.2) is 16.0 Å². The zero-order valence-corrected chi connectivity index (χ0v) is 20.0. The van der Waals surface area contributed by atoms with Crippen molar-refractivity contribution >= 4 is 23.2 Å². The molecule has 6 nitrogen and oxygen atoms in total. The number of aromatic nitrogens is 2. The quantitative estimate of drug-likeness (QED) is 0.242. The van der Waals surface area contributed by atoms with Crippen LogP contribution in [0.5, 0.6) is 11.5 Å². The molecule has 0 saturated carbocycles. The van der Waals surface area contributed by atoms with Crippen molar-refractivity contribution in [3.05, 3.63) is 114 Å². The van der Waals surface area contributed by atoms with Crippen molar-refractivity contribution in [2.45, 2.75) is 12.8 Å². The van der Waals surface area contributed by atoms with Crippen LogP contribution < -0.4 is 10.1 Å². The van der Waals surface area contributed by atoms with Crippen LogP contribution in [0.2, 0.25) is 5.02 Å². The summed E-state index contributed by atoms with van der Waals surface area (Å²) in [6.07, 6.45) is 0.461. The van der Waals surface area contributed by atoms with E-state index in [-0.39, 0.29) is 12.3 Å². The number of ether oxygens (including phenoxy) is 1. The summed E-state index contributed by atoms with van der Waals surface area (Å²) in [7, 11) is 0. The molecule has 5 aromatic rings. The zero-order valence-electron chi connectivity index (χ0n) is 19.2. The number of aryl methyl sites for hydroxylation is 1. The standard InChI is InChI=1S/C29H22ClN3O3/c30-23-15-16-26(35-24-9-5-2-6-10-24)25(19-23)31-27(34)17-18-28-32-29(33-36-28)22-13-11-21(12-14-22)20-7-3-1-4-8-20/h1-16,19H,17-18H2,(H,31,34). The number of amides is 1. The highest BCUT2D eigenvalue weighted by Gasteiger charge is 2.14. The van der Waals surface area contributed by atoms with Gasteiger partial charge in [-0.3, -0.25) is 4.79 Å². The van der Waals surface area contributed by atoms with Gasteiger partial charge >= 0.3 is 0 Å². The van der Waals surface area contributed by atoms with Crippen molar-refractivity contribution in [1.29, 1.82) is 0 Å². The number of carbonyl (C=O) groups is 1. The Bertz CT molecular complexity index is 1450. The molecule has 1 amide bonds. The molecule has 5 rings (SSSR count). The van der Waals surface area contributed by atoms with E-state index >= 15 is 0 Å². The summed E-state index contributed by atoms with van der Waals surface area (Å²) in [5.41, 5.74) is 3.58. The molecule has 0 fully saturated rings. The monoisotopic (exact) mass is 495 g/mol. The molecule has 1 N–H and O–H groups in total. The Morgan fingerprint density at radius 1 is 0.833 bits per heavy atom. The van der Waals surface area contributed by atoms with E-state index in [1.807, 2.05) is 72.8 Å². The summed E-state index contributed by atoms with van der Waals surface area (Å²) in [6, 6.07) is 32.5. The van der Waals surface area contributed by atoms with Gasteiger partial charge in [0.1, 0.15) is 5.75 Å². The third-order valence-electron chi connectivity index (χ3n) is 5.47. The van der Waals surface area contributed by atoms with Crippen molar-refractivity contribution in [2.24, 2.45) is 0 Å². The number of carbonyl (C=O) groups excluding carboxylic acids is 1. The summed E-state index contributed by atoms with van der Waals surface area (Å²) in [6.45, 7) is 0. The van der Waals surface area contributed by atoms with Crippen molar-refractivity contribution in [1.82, 2.24) is 10.1 Å². The lowest BCUT2D eigenvalue weighted by Crippen LogP contribution is -2.13. The van der Waals surface area contributed by atoms with Crippen molar-refractivity contribution < 1.29 is 14.1 Å². The van der Waals surface area contributed by atoms with Crippen molar-refractivity contribution in [3.8, 4) is 34.0 Å². The van der Waals surface area contributed by atoms with Crippen molar-refractivity contribution in [3.63, 3.8) is 0 Å². The summed E-state index contributed by atoms with van der Waals surface area (Å²) >= 11 is 6.14. The Kier molecular flexibility index (Phi) is 7.05. The molecule has 0 aliphatic rings. The molecule has 1 heterocycles. The van der Waals surface area contributed by atoms with E-state index in [1.165, 1.54) is 0 Å². The number of halogens is 1. The lowest BCUT2D eigenvalue weighted by molar-refractivity contribution is -0.116. The van der Waals surface area contributed by atoms with Crippen LogP contribution in [0.4, 0.5) is 5.69 Å². The number of para-hydroxylation sites is 1. The SMILES string of the molecule is O=C(CCc1nc(-c2ccc(-c3ccccc3)cc2)no1)Nc1cc(Cl)ccc1Oc1ccccc1. The second-order valence-electron chi connectivity index (χ2n) is 8.06. The first kappa shape index (κ1) is 23.3. The van der Waals surface area contributed by atoms with Gasteiger partial charge in [-0.1, -0.05) is 89.6 Å².